The topological polar surface area (TPSA) is 102 Å². The van der Waals surface area contributed by atoms with Crippen molar-refractivity contribution >= 4 is 27.7 Å². The fourth-order valence-electron chi connectivity index (χ4n) is 3.08. The van der Waals surface area contributed by atoms with E-state index in [1.165, 1.54) is 8.61 Å². The Labute approximate surface area is 166 Å². The van der Waals surface area contributed by atoms with Crippen molar-refractivity contribution < 1.29 is 18.0 Å². The van der Waals surface area contributed by atoms with Crippen molar-refractivity contribution in [2.24, 2.45) is 0 Å². The standard InChI is InChI=1S/C18H29N5O4S/c1-4-22(5-2)28(26,27)23-12-10-21(11-13-23)14-17(24)20-16-8-6-15(7-9-16)18(25)19-3/h6-9H,4-5,10-14H2,1-3H3,(H,19,25)(H,20,24). The zero-order valence-electron chi connectivity index (χ0n) is 16.6. The normalized spacial score (nSPS) is 16.1. The maximum atomic E-state index is 12.5. The maximum Gasteiger partial charge on any atom is 0.282 e. The van der Waals surface area contributed by atoms with Crippen molar-refractivity contribution in [3.8, 4) is 0 Å². The average molecular weight is 412 g/mol. The van der Waals surface area contributed by atoms with Crippen LogP contribution in [0.25, 0.3) is 0 Å². The van der Waals surface area contributed by atoms with Crippen LogP contribution < -0.4 is 10.6 Å². The molecule has 1 aliphatic heterocycles. The van der Waals surface area contributed by atoms with Gasteiger partial charge in [0.25, 0.3) is 16.1 Å². The molecule has 9 nitrogen and oxygen atoms in total. The van der Waals surface area contributed by atoms with Crippen LogP contribution in [-0.2, 0) is 15.0 Å². The van der Waals surface area contributed by atoms with Crippen molar-refractivity contribution in [2.45, 2.75) is 13.8 Å². The van der Waals surface area contributed by atoms with E-state index in [4.69, 9.17) is 0 Å². The molecule has 0 atom stereocenters. The molecule has 1 fully saturated rings. The highest BCUT2D eigenvalue weighted by Crippen LogP contribution is 2.13. The fraction of sp³-hybridized carbons (Fsp3) is 0.556. The first-order chi connectivity index (χ1) is 13.3. The number of nitrogens with one attached hydrogen (secondary N) is 2. The molecule has 1 saturated heterocycles. The molecule has 2 amide bonds. The Kier molecular flexibility index (Phi) is 7.93. The highest BCUT2D eigenvalue weighted by atomic mass is 32.2. The van der Waals surface area contributed by atoms with E-state index in [1.807, 2.05) is 18.7 Å². The summed E-state index contributed by atoms with van der Waals surface area (Å²) in [5.41, 5.74) is 1.13. The lowest BCUT2D eigenvalue weighted by Crippen LogP contribution is -2.54. The Morgan fingerprint density at radius 2 is 1.61 bits per heavy atom. The number of hydrogen-bond acceptors (Lipinski definition) is 5. The summed E-state index contributed by atoms with van der Waals surface area (Å²) in [6, 6.07) is 6.64. The van der Waals surface area contributed by atoms with E-state index in [0.29, 0.717) is 50.5 Å². The molecular formula is C18H29N5O4S. The first-order valence-electron chi connectivity index (χ1n) is 9.41. The second-order valence-electron chi connectivity index (χ2n) is 6.47. The van der Waals surface area contributed by atoms with Gasteiger partial charge in [0.2, 0.25) is 5.91 Å². The van der Waals surface area contributed by atoms with E-state index >= 15 is 0 Å². The zero-order chi connectivity index (χ0) is 20.7. The van der Waals surface area contributed by atoms with Gasteiger partial charge in [-0.25, -0.2) is 0 Å². The van der Waals surface area contributed by atoms with Crippen LogP contribution in [0.5, 0.6) is 0 Å². The molecule has 0 spiro atoms. The minimum atomic E-state index is -3.43. The van der Waals surface area contributed by atoms with E-state index < -0.39 is 10.2 Å². The maximum absolute atomic E-state index is 12.5. The molecule has 1 aliphatic rings. The van der Waals surface area contributed by atoms with E-state index in [2.05, 4.69) is 10.6 Å². The summed E-state index contributed by atoms with van der Waals surface area (Å²) in [7, 11) is -1.87. The summed E-state index contributed by atoms with van der Waals surface area (Å²) in [5, 5.41) is 5.34. The molecule has 0 saturated carbocycles. The highest BCUT2D eigenvalue weighted by Gasteiger charge is 2.31. The van der Waals surface area contributed by atoms with Gasteiger partial charge in [-0.1, -0.05) is 13.8 Å². The first-order valence-corrected chi connectivity index (χ1v) is 10.8. The average Bonchev–Trinajstić information content (AvgIpc) is 2.69. The number of carbonyl (C=O) groups is 2. The number of piperazine rings is 1. The smallest absolute Gasteiger partial charge is 0.282 e. The summed E-state index contributed by atoms with van der Waals surface area (Å²) in [6.45, 7) is 6.47. The van der Waals surface area contributed by atoms with Gasteiger partial charge in [0.05, 0.1) is 6.54 Å². The van der Waals surface area contributed by atoms with Gasteiger partial charge in [-0.05, 0) is 24.3 Å². The van der Waals surface area contributed by atoms with Gasteiger partial charge < -0.3 is 10.6 Å². The quantitative estimate of drug-likeness (QED) is 0.636. The van der Waals surface area contributed by atoms with Crippen LogP contribution in [0.4, 0.5) is 5.69 Å². The largest absolute Gasteiger partial charge is 0.355 e. The van der Waals surface area contributed by atoms with E-state index in [-0.39, 0.29) is 18.4 Å². The lowest BCUT2D eigenvalue weighted by Gasteiger charge is -2.35. The third-order valence-electron chi connectivity index (χ3n) is 4.71. The van der Waals surface area contributed by atoms with Crippen LogP contribution in [0, 0.1) is 0 Å². The number of rotatable bonds is 8. The van der Waals surface area contributed by atoms with E-state index in [9.17, 15) is 18.0 Å². The molecule has 1 aromatic carbocycles. The number of benzene rings is 1. The third kappa shape index (κ3) is 5.51. The molecule has 0 aromatic heterocycles. The van der Waals surface area contributed by atoms with Crippen molar-refractivity contribution in [3.63, 3.8) is 0 Å². The van der Waals surface area contributed by atoms with Crippen LogP contribution in [0.3, 0.4) is 0 Å². The lowest BCUT2D eigenvalue weighted by molar-refractivity contribution is -0.117. The molecular weight excluding hydrogens is 382 g/mol. The Hall–Kier alpha value is -2.01. The van der Waals surface area contributed by atoms with Gasteiger partial charge in [0.15, 0.2) is 0 Å². The van der Waals surface area contributed by atoms with Crippen LogP contribution >= 0.6 is 0 Å². The SMILES string of the molecule is CCN(CC)S(=O)(=O)N1CCN(CC(=O)Nc2ccc(C(=O)NC)cc2)CC1. The molecule has 156 valence electrons. The third-order valence-corrected chi connectivity index (χ3v) is 6.90. The summed E-state index contributed by atoms with van der Waals surface area (Å²) < 4.78 is 28.0. The van der Waals surface area contributed by atoms with Gasteiger partial charge in [0, 0.05) is 57.6 Å². The van der Waals surface area contributed by atoms with Crippen LogP contribution in [0.2, 0.25) is 0 Å². The molecule has 0 unspecified atom stereocenters. The van der Waals surface area contributed by atoms with Gasteiger partial charge >= 0.3 is 0 Å². The van der Waals surface area contributed by atoms with Gasteiger partial charge in [-0.15, -0.1) is 0 Å². The Morgan fingerprint density at radius 1 is 1.04 bits per heavy atom. The molecule has 0 bridgehead atoms. The lowest BCUT2D eigenvalue weighted by atomic mass is 10.2. The van der Waals surface area contributed by atoms with Crippen LogP contribution in [-0.4, -0.2) is 86.6 Å². The number of nitrogens with zero attached hydrogens (tertiary/aromatic N) is 3. The second kappa shape index (κ2) is 9.97. The molecule has 2 N–H and O–H groups in total. The number of carbonyl (C=O) groups excluding carboxylic acids is 2. The van der Waals surface area contributed by atoms with Crippen molar-refractivity contribution in [1.29, 1.82) is 0 Å². The van der Waals surface area contributed by atoms with Crippen molar-refractivity contribution in [3.05, 3.63) is 29.8 Å². The number of anilines is 1. The van der Waals surface area contributed by atoms with Crippen LogP contribution in [0.1, 0.15) is 24.2 Å². The number of amides is 2. The van der Waals surface area contributed by atoms with Gasteiger partial charge in [-0.2, -0.15) is 17.0 Å². The minimum Gasteiger partial charge on any atom is -0.355 e. The van der Waals surface area contributed by atoms with Crippen molar-refractivity contribution in [2.75, 3.05) is 58.2 Å². The Bertz CT molecular complexity index is 770. The molecule has 10 heteroatoms. The summed E-state index contributed by atoms with van der Waals surface area (Å²) in [6.07, 6.45) is 0. The molecule has 2 rings (SSSR count). The first kappa shape index (κ1) is 22.3. The molecule has 0 aliphatic carbocycles. The molecule has 1 aromatic rings. The predicted molar refractivity (Wildman–Crippen MR) is 108 cm³/mol. The Morgan fingerprint density at radius 3 is 2.11 bits per heavy atom. The van der Waals surface area contributed by atoms with Crippen molar-refractivity contribution in [1.82, 2.24) is 18.8 Å². The molecule has 0 radical (unpaired) electrons. The van der Waals surface area contributed by atoms with E-state index in [1.54, 1.807) is 31.3 Å². The molecule has 28 heavy (non-hydrogen) atoms. The molecule has 1 heterocycles. The summed E-state index contributed by atoms with van der Waals surface area (Å²) >= 11 is 0. The van der Waals surface area contributed by atoms with Gasteiger partial charge in [-0.3, -0.25) is 14.5 Å². The van der Waals surface area contributed by atoms with Gasteiger partial charge in [0.1, 0.15) is 0 Å². The fourth-order valence-corrected chi connectivity index (χ4v) is 4.69. The summed E-state index contributed by atoms with van der Waals surface area (Å²) in [5.74, 6) is -0.358. The zero-order valence-corrected chi connectivity index (χ0v) is 17.5. The monoisotopic (exact) mass is 411 g/mol. The predicted octanol–water partition coefficient (Wildman–Crippen LogP) is 0.189. The minimum absolute atomic E-state index is 0.173. The number of hydrogen-bond donors (Lipinski definition) is 2. The Balaban J connectivity index is 1.84. The summed E-state index contributed by atoms with van der Waals surface area (Å²) in [4.78, 5) is 25.7. The van der Waals surface area contributed by atoms with E-state index in [0.717, 1.165) is 0 Å². The second-order valence-corrected chi connectivity index (χ2v) is 8.40. The van der Waals surface area contributed by atoms with Crippen LogP contribution in [0.15, 0.2) is 24.3 Å². The highest BCUT2D eigenvalue weighted by molar-refractivity contribution is 7.86.